The molecule has 3 N–H and O–H groups in total. The van der Waals surface area contributed by atoms with E-state index in [1.807, 2.05) is 0 Å². The Kier molecular flexibility index (Phi) is 4.48. The van der Waals surface area contributed by atoms with Crippen LogP contribution in [0.3, 0.4) is 0 Å². The van der Waals surface area contributed by atoms with E-state index in [9.17, 15) is 25.1 Å². The molecular weight excluding hydrogens is 326 g/mol. The Morgan fingerprint density at radius 1 is 1.48 bits per heavy atom. The summed E-state index contributed by atoms with van der Waals surface area (Å²) in [5.74, 6) is -2.43. The molecule has 0 unspecified atom stereocenters. The molecule has 0 saturated carbocycles. The third kappa shape index (κ3) is 3.57. The molecule has 11 heteroatoms. The topological polar surface area (TPSA) is 162 Å². The van der Waals surface area contributed by atoms with Crippen molar-refractivity contribution < 1.29 is 19.9 Å². The summed E-state index contributed by atoms with van der Waals surface area (Å²) in [7, 11) is 0. The zero-order chi connectivity index (χ0) is 17.0. The summed E-state index contributed by atoms with van der Waals surface area (Å²) in [6, 6.07) is 3.54. The predicted molar refractivity (Wildman–Crippen MR) is 78.6 cm³/mol. The largest absolute Gasteiger partial charge is 0.504 e. The van der Waals surface area contributed by atoms with Crippen LogP contribution in [0.15, 0.2) is 24.0 Å². The number of aromatic hydroxyl groups is 2. The van der Waals surface area contributed by atoms with E-state index in [2.05, 4.69) is 14.7 Å². The Morgan fingerprint density at radius 2 is 2.22 bits per heavy atom. The first kappa shape index (κ1) is 15.9. The first-order valence-electron chi connectivity index (χ1n) is 5.82. The fourth-order valence-corrected chi connectivity index (χ4v) is 1.98. The molecule has 0 aliphatic rings. The number of phenols is 2. The molecule has 0 saturated heterocycles. The Labute approximate surface area is 132 Å². The molecule has 0 bridgehead atoms. The number of nitriles is 1. The zero-order valence-electron chi connectivity index (χ0n) is 11.1. The number of nitrogens with one attached hydrogen (secondary N) is 1. The van der Waals surface area contributed by atoms with Crippen molar-refractivity contribution in [1.82, 2.24) is 9.36 Å². The molecule has 0 aliphatic carbocycles. The summed E-state index contributed by atoms with van der Waals surface area (Å²) in [5, 5.41) is 41.2. The van der Waals surface area contributed by atoms with E-state index in [-0.39, 0.29) is 16.3 Å². The third-order valence-electron chi connectivity index (χ3n) is 2.55. The summed E-state index contributed by atoms with van der Waals surface area (Å²) >= 11 is 0.904. The molecule has 1 aromatic heterocycles. The lowest BCUT2D eigenvalue weighted by molar-refractivity contribution is -0.386. The van der Waals surface area contributed by atoms with Gasteiger partial charge < -0.3 is 10.2 Å². The summed E-state index contributed by atoms with van der Waals surface area (Å²) in [4.78, 5) is 25.5. The number of rotatable bonds is 4. The van der Waals surface area contributed by atoms with Gasteiger partial charge in [0.1, 0.15) is 18.0 Å². The van der Waals surface area contributed by atoms with Crippen molar-refractivity contribution >= 4 is 34.3 Å². The summed E-state index contributed by atoms with van der Waals surface area (Å²) in [5.41, 5.74) is -1.13. The molecular formula is C12H7N5O5S. The highest BCUT2D eigenvalue weighted by atomic mass is 32.1. The second kappa shape index (κ2) is 6.50. The van der Waals surface area contributed by atoms with Gasteiger partial charge in [0.25, 0.3) is 5.91 Å². The first-order valence-corrected chi connectivity index (χ1v) is 6.60. The maximum atomic E-state index is 11.9. The maximum absolute atomic E-state index is 11.9. The van der Waals surface area contributed by atoms with Crippen LogP contribution in [-0.4, -0.2) is 30.4 Å². The minimum absolute atomic E-state index is 0.00374. The van der Waals surface area contributed by atoms with Gasteiger partial charge >= 0.3 is 5.69 Å². The fourth-order valence-electron chi connectivity index (χ4n) is 1.56. The molecule has 0 aliphatic heterocycles. The van der Waals surface area contributed by atoms with Gasteiger partial charge in [-0.25, -0.2) is 4.98 Å². The van der Waals surface area contributed by atoms with Gasteiger partial charge in [0.2, 0.25) is 10.9 Å². The molecule has 1 aromatic carbocycles. The van der Waals surface area contributed by atoms with E-state index >= 15 is 0 Å². The standard InChI is InChI=1S/C12H7N5O5S/c13-4-7(11(20)16-12-14-5-15-23-12)1-6-2-8(17(21)22)10(19)9(18)3-6/h1-3,5,18-19H,(H,14,15,16,20)/b7-1+. The van der Waals surface area contributed by atoms with Crippen molar-refractivity contribution in [2.75, 3.05) is 5.32 Å². The SMILES string of the molecule is N#C/C(=C\c1cc(O)c(O)c([N+](=O)[O-])c1)C(=O)Nc1ncns1. The quantitative estimate of drug-likeness (QED) is 0.248. The molecule has 0 fully saturated rings. The lowest BCUT2D eigenvalue weighted by atomic mass is 10.1. The van der Waals surface area contributed by atoms with Crippen LogP contribution in [0.2, 0.25) is 0 Å². The first-order chi connectivity index (χ1) is 10.9. The fraction of sp³-hybridized carbons (Fsp3) is 0. The summed E-state index contributed by atoms with van der Waals surface area (Å²) in [6.45, 7) is 0. The van der Waals surface area contributed by atoms with E-state index in [1.165, 1.54) is 6.33 Å². The van der Waals surface area contributed by atoms with E-state index in [1.54, 1.807) is 6.07 Å². The molecule has 1 amide bonds. The van der Waals surface area contributed by atoms with Crippen LogP contribution in [-0.2, 0) is 4.79 Å². The molecule has 23 heavy (non-hydrogen) atoms. The molecule has 2 aromatic rings. The van der Waals surface area contributed by atoms with Crippen LogP contribution in [0.25, 0.3) is 6.08 Å². The number of nitrogens with zero attached hydrogens (tertiary/aromatic N) is 4. The Hall–Kier alpha value is -3.52. The Balaban J connectivity index is 2.36. The molecule has 0 radical (unpaired) electrons. The normalized spacial score (nSPS) is 10.8. The summed E-state index contributed by atoms with van der Waals surface area (Å²) in [6.07, 6.45) is 2.25. The number of nitro benzene ring substituents is 1. The number of anilines is 1. The number of hydrogen-bond donors (Lipinski definition) is 3. The Morgan fingerprint density at radius 3 is 2.78 bits per heavy atom. The van der Waals surface area contributed by atoms with Crippen molar-refractivity contribution in [3.63, 3.8) is 0 Å². The number of aromatic nitrogens is 2. The number of phenolic OH excluding ortho intramolecular Hbond substituents is 2. The van der Waals surface area contributed by atoms with Gasteiger partial charge in [-0.1, -0.05) is 0 Å². The molecule has 2 rings (SSSR count). The van der Waals surface area contributed by atoms with E-state index in [0.717, 1.165) is 29.7 Å². The number of carbonyl (C=O) groups excluding carboxylic acids is 1. The van der Waals surface area contributed by atoms with Gasteiger partial charge in [0, 0.05) is 17.6 Å². The van der Waals surface area contributed by atoms with Crippen molar-refractivity contribution in [3.05, 3.63) is 39.7 Å². The smallest absolute Gasteiger partial charge is 0.315 e. The second-order valence-electron chi connectivity index (χ2n) is 4.04. The van der Waals surface area contributed by atoms with E-state index in [0.29, 0.717) is 0 Å². The maximum Gasteiger partial charge on any atom is 0.315 e. The monoisotopic (exact) mass is 333 g/mol. The van der Waals surface area contributed by atoms with Crippen molar-refractivity contribution in [2.45, 2.75) is 0 Å². The van der Waals surface area contributed by atoms with Gasteiger partial charge in [-0.2, -0.15) is 9.64 Å². The van der Waals surface area contributed by atoms with Crippen LogP contribution in [0.5, 0.6) is 11.5 Å². The van der Waals surface area contributed by atoms with Crippen LogP contribution >= 0.6 is 11.5 Å². The van der Waals surface area contributed by atoms with Crippen LogP contribution in [0.1, 0.15) is 5.56 Å². The highest BCUT2D eigenvalue weighted by Gasteiger charge is 2.19. The minimum atomic E-state index is -0.903. The Bertz CT molecular complexity index is 840. The van der Waals surface area contributed by atoms with Crippen molar-refractivity contribution in [2.24, 2.45) is 0 Å². The third-order valence-corrected chi connectivity index (χ3v) is 3.13. The summed E-state index contributed by atoms with van der Waals surface area (Å²) < 4.78 is 3.67. The lowest BCUT2D eigenvalue weighted by Gasteiger charge is -2.03. The number of amides is 1. The number of nitro groups is 1. The lowest BCUT2D eigenvalue weighted by Crippen LogP contribution is -2.13. The molecule has 10 nitrogen and oxygen atoms in total. The van der Waals surface area contributed by atoms with E-state index in [4.69, 9.17) is 5.26 Å². The van der Waals surface area contributed by atoms with Gasteiger partial charge in [-0.15, -0.1) is 0 Å². The molecule has 116 valence electrons. The van der Waals surface area contributed by atoms with Crippen molar-refractivity contribution in [3.8, 4) is 17.6 Å². The van der Waals surface area contributed by atoms with Crippen LogP contribution in [0, 0.1) is 21.4 Å². The predicted octanol–water partition coefficient (Wildman–Crippen LogP) is 1.40. The second-order valence-corrected chi connectivity index (χ2v) is 4.82. The number of benzene rings is 1. The van der Waals surface area contributed by atoms with E-state index < -0.39 is 28.0 Å². The average molecular weight is 333 g/mol. The molecule has 0 spiro atoms. The van der Waals surface area contributed by atoms with Gasteiger partial charge in [0.05, 0.1) is 4.92 Å². The minimum Gasteiger partial charge on any atom is -0.504 e. The number of hydrogen-bond acceptors (Lipinski definition) is 9. The van der Waals surface area contributed by atoms with Crippen LogP contribution < -0.4 is 5.32 Å². The molecule has 1 heterocycles. The zero-order valence-corrected chi connectivity index (χ0v) is 11.9. The van der Waals surface area contributed by atoms with Gasteiger partial charge in [0.15, 0.2) is 5.75 Å². The highest BCUT2D eigenvalue weighted by molar-refractivity contribution is 7.09. The van der Waals surface area contributed by atoms with Gasteiger partial charge in [-0.3, -0.25) is 20.2 Å². The van der Waals surface area contributed by atoms with Crippen LogP contribution in [0.4, 0.5) is 10.8 Å². The number of carbonyl (C=O) groups is 1. The van der Waals surface area contributed by atoms with Crippen molar-refractivity contribution in [1.29, 1.82) is 5.26 Å². The molecule has 0 atom stereocenters. The average Bonchev–Trinajstić information content (AvgIpc) is 3.00. The highest BCUT2D eigenvalue weighted by Crippen LogP contribution is 2.36. The van der Waals surface area contributed by atoms with Gasteiger partial charge in [-0.05, 0) is 17.7 Å².